The first-order valence-corrected chi connectivity index (χ1v) is 45.5. The molecule has 0 aromatic rings. The molecular weight excluding hydrogens is 1320 g/mol. The van der Waals surface area contributed by atoms with Crippen molar-refractivity contribution in [3.05, 3.63) is 0 Å². The molecule has 0 aromatic heterocycles. The molecule has 0 spiro atoms. The minimum atomic E-state index is -4.96. The zero-order valence-corrected chi connectivity index (χ0v) is 68.0. The number of aliphatic hydroxyl groups excluding tert-OH is 1. The number of carbonyl (C=O) groups is 4. The molecule has 0 saturated carbocycles. The summed E-state index contributed by atoms with van der Waals surface area (Å²) >= 11 is 0. The van der Waals surface area contributed by atoms with E-state index in [9.17, 15) is 43.2 Å². The maximum Gasteiger partial charge on any atom is 0.472 e. The summed E-state index contributed by atoms with van der Waals surface area (Å²) in [5, 5.41) is 10.6. The van der Waals surface area contributed by atoms with Gasteiger partial charge in [-0.1, -0.05) is 382 Å². The van der Waals surface area contributed by atoms with Gasteiger partial charge in [0.2, 0.25) is 0 Å². The monoisotopic (exact) mass is 1480 g/mol. The maximum atomic E-state index is 13.1. The van der Waals surface area contributed by atoms with Crippen LogP contribution in [0.5, 0.6) is 0 Å². The summed E-state index contributed by atoms with van der Waals surface area (Å²) in [7, 11) is -9.92. The minimum absolute atomic E-state index is 0.107. The van der Waals surface area contributed by atoms with E-state index in [1.807, 2.05) is 0 Å². The van der Waals surface area contributed by atoms with Gasteiger partial charge < -0.3 is 33.8 Å². The van der Waals surface area contributed by atoms with Crippen molar-refractivity contribution in [3.8, 4) is 0 Å². The molecule has 0 fully saturated rings. The number of unbranched alkanes of at least 4 members (excludes halogenated alkanes) is 51. The van der Waals surface area contributed by atoms with Gasteiger partial charge in [0.15, 0.2) is 12.2 Å². The quantitative estimate of drug-likeness (QED) is 0.0222. The Hall–Kier alpha value is -1.94. The van der Waals surface area contributed by atoms with E-state index in [0.717, 1.165) is 102 Å². The van der Waals surface area contributed by atoms with Gasteiger partial charge >= 0.3 is 39.5 Å². The van der Waals surface area contributed by atoms with Crippen LogP contribution in [0.15, 0.2) is 0 Å². The lowest BCUT2D eigenvalue weighted by atomic mass is 10.0. The van der Waals surface area contributed by atoms with Crippen LogP contribution in [0.1, 0.15) is 433 Å². The van der Waals surface area contributed by atoms with Crippen molar-refractivity contribution in [2.75, 3.05) is 39.6 Å². The smallest absolute Gasteiger partial charge is 0.462 e. The van der Waals surface area contributed by atoms with E-state index < -0.39 is 97.5 Å². The van der Waals surface area contributed by atoms with Gasteiger partial charge in [-0.3, -0.25) is 37.3 Å². The Balaban J connectivity index is 5.20. The van der Waals surface area contributed by atoms with Crippen LogP contribution in [0.25, 0.3) is 0 Å². The standard InChI is InChI=1S/C82H160O17P2/c1-7-9-11-13-15-17-19-21-22-23-24-25-26-27-28-29-34-38-42-48-55-61-67-82(87)98-77(70-92-79(84)64-58-52-46-40-37-33-31-30-32-35-39-44-50-56-62-74(3)4)72-96-100(88,89)94-68-76(83)69-95-101(90,91)97-73-78(71-93-80(85)65-59-53-49-43-45-51-57-63-75(5)6)99-81(86)66-60-54-47-41-36-20-18-16-14-12-10-8-2/h74-78,83H,7-73H2,1-6H3,(H,88,89)(H,90,91)/t76-,77-,78-/m1/s1. The lowest BCUT2D eigenvalue weighted by Gasteiger charge is -2.21. The molecule has 0 aromatic carbocycles. The highest BCUT2D eigenvalue weighted by atomic mass is 31.2. The lowest BCUT2D eigenvalue weighted by Crippen LogP contribution is -2.30. The van der Waals surface area contributed by atoms with E-state index >= 15 is 0 Å². The lowest BCUT2D eigenvalue weighted by molar-refractivity contribution is -0.161. The first-order valence-electron chi connectivity index (χ1n) is 42.5. The van der Waals surface area contributed by atoms with Crippen molar-refractivity contribution in [1.29, 1.82) is 0 Å². The van der Waals surface area contributed by atoms with Gasteiger partial charge in [-0.25, -0.2) is 9.13 Å². The molecule has 0 rings (SSSR count). The first-order chi connectivity index (χ1) is 48.9. The topological polar surface area (TPSA) is 237 Å². The molecule has 0 bridgehead atoms. The molecule has 0 aliphatic rings. The Kier molecular flexibility index (Phi) is 72.2. The van der Waals surface area contributed by atoms with Crippen LogP contribution in [-0.4, -0.2) is 96.7 Å². The van der Waals surface area contributed by atoms with Crippen LogP contribution in [0.3, 0.4) is 0 Å². The average Bonchev–Trinajstić information content (AvgIpc) is 1.05. The molecule has 3 N–H and O–H groups in total. The van der Waals surface area contributed by atoms with Gasteiger partial charge in [0, 0.05) is 25.7 Å². The number of phosphoric acid groups is 2. The number of aliphatic hydroxyl groups is 1. The van der Waals surface area contributed by atoms with Gasteiger partial charge in [-0.15, -0.1) is 0 Å². The molecule has 2 unspecified atom stereocenters. The Morgan fingerprint density at radius 3 is 0.673 bits per heavy atom. The summed E-state index contributed by atoms with van der Waals surface area (Å²) in [5.74, 6) is -0.605. The molecule has 0 heterocycles. The zero-order valence-electron chi connectivity index (χ0n) is 66.2. The summed E-state index contributed by atoms with van der Waals surface area (Å²) in [6.45, 7) is 9.60. The predicted molar refractivity (Wildman–Crippen MR) is 414 cm³/mol. The molecule has 0 radical (unpaired) electrons. The van der Waals surface area contributed by atoms with E-state index in [0.29, 0.717) is 31.6 Å². The molecule has 5 atom stereocenters. The van der Waals surface area contributed by atoms with E-state index in [1.54, 1.807) is 0 Å². The predicted octanol–water partition coefficient (Wildman–Crippen LogP) is 24.7. The second kappa shape index (κ2) is 73.6. The first kappa shape index (κ1) is 99.1. The van der Waals surface area contributed by atoms with E-state index in [-0.39, 0.29) is 25.7 Å². The van der Waals surface area contributed by atoms with Crippen LogP contribution in [0.2, 0.25) is 0 Å². The molecule has 101 heavy (non-hydrogen) atoms. The molecule has 600 valence electrons. The van der Waals surface area contributed by atoms with Crippen molar-refractivity contribution in [2.45, 2.75) is 452 Å². The fourth-order valence-corrected chi connectivity index (χ4v) is 14.3. The van der Waals surface area contributed by atoms with Gasteiger partial charge in [0.25, 0.3) is 0 Å². The number of carbonyl (C=O) groups excluding carboxylic acids is 4. The third-order valence-electron chi connectivity index (χ3n) is 19.2. The van der Waals surface area contributed by atoms with E-state index in [4.69, 9.17) is 37.0 Å². The second-order valence-electron chi connectivity index (χ2n) is 30.5. The Labute approximate surface area is 619 Å². The average molecular weight is 1480 g/mol. The Morgan fingerprint density at radius 2 is 0.455 bits per heavy atom. The highest BCUT2D eigenvalue weighted by Crippen LogP contribution is 2.45. The molecular formula is C82H160O17P2. The fourth-order valence-electron chi connectivity index (χ4n) is 12.7. The van der Waals surface area contributed by atoms with Crippen LogP contribution < -0.4 is 0 Å². The van der Waals surface area contributed by atoms with E-state index in [2.05, 4.69) is 41.5 Å². The number of esters is 4. The summed E-state index contributed by atoms with van der Waals surface area (Å²) in [5.41, 5.74) is 0. The Morgan fingerprint density at radius 1 is 0.267 bits per heavy atom. The van der Waals surface area contributed by atoms with Crippen LogP contribution in [-0.2, 0) is 65.4 Å². The highest BCUT2D eigenvalue weighted by Gasteiger charge is 2.30. The summed E-state index contributed by atoms with van der Waals surface area (Å²) in [6.07, 6.45) is 64.0. The largest absolute Gasteiger partial charge is 0.472 e. The zero-order chi connectivity index (χ0) is 74.2. The van der Waals surface area contributed by atoms with Gasteiger partial charge in [0.05, 0.1) is 26.4 Å². The highest BCUT2D eigenvalue weighted by molar-refractivity contribution is 7.47. The number of ether oxygens (including phenoxy) is 4. The molecule has 0 aliphatic heterocycles. The Bertz CT molecular complexity index is 1940. The van der Waals surface area contributed by atoms with Crippen molar-refractivity contribution in [1.82, 2.24) is 0 Å². The van der Waals surface area contributed by atoms with Crippen LogP contribution in [0.4, 0.5) is 0 Å². The minimum Gasteiger partial charge on any atom is -0.462 e. The van der Waals surface area contributed by atoms with Crippen molar-refractivity contribution in [3.63, 3.8) is 0 Å². The normalized spacial score (nSPS) is 13.9. The third kappa shape index (κ3) is 76.1. The van der Waals surface area contributed by atoms with Crippen LogP contribution in [0, 0.1) is 11.8 Å². The molecule has 17 nitrogen and oxygen atoms in total. The van der Waals surface area contributed by atoms with Crippen molar-refractivity contribution >= 4 is 39.5 Å². The molecule has 19 heteroatoms. The maximum absolute atomic E-state index is 13.1. The molecule has 0 saturated heterocycles. The summed E-state index contributed by atoms with van der Waals surface area (Å²) < 4.78 is 68.7. The van der Waals surface area contributed by atoms with Gasteiger partial charge in [-0.2, -0.15) is 0 Å². The van der Waals surface area contributed by atoms with Gasteiger partial charge in [0.1, 0.15) is 19.3 Å². The second-order valence-corrected chi connectivity index (χ2v) is 33.4. The molecule has 0 amide bonds. The third-order valence-corrected chi connectivity index (χ3v) is 21.1. The van der Waals surface area contributed by atoms with Crippen LogP contribution >= 0.6 is 15.6 Å². The summed E-state index contributed by atoms with van der Waals surface area (Å²) in [4.78, 5) is 73.0. The number of rotatable bonds is 81. The number of hydrogen-bond acceptors (Lipinski definition) is 15. The summed E-state index contributed by atoms with van der Waals surface area (Å²) in [6, 6.07) is 0. The van der Waals surface area contributed by atoms with Gasteiger partial charge in [-0.05, 0) is 37.5 Å². The molecule has 0 aliphatic carbocycles. The SMILES string of the molecule is CCCCCCCCCCCCCCCCCCCCCCCCC(=O)O[C@H](COC(=O)CCCCCCCCCCCCCCCCC(C)C)COP(=O)(O)OC[C@@H](O)COP(=O)(O)OC[C@@H](COC(=O)CCCCCCCCCC(C)C)OC(=O)CCCCCCCCCCCCCC. The van der Waals surface area contributed by atoms with Crippen molar-refractivity contribution < 1.29 is 80.2 Å². The number of phosphoric ester groups is 2. The van der Waals surface area contributed by atoms with E-state index in [1.165, 1.54) is 244 Å². The van der Waals surface area contributed by atoms with Crippen molar-refractivity contribution in [2.24, 2.45) is 11.8 Å². The fraction of sp³-hybridized carbons (Fsp3) is 0.951. The number of hydrogen-bond donors (Lipinski definition) is 3.